The van der Waals surface area contributed by atoms with Gasteiger partial charge in [0.2, 0.25) is 5.91 Å². The summed E-state index contributed by atoms with van der Waals surface area (Å²) in [5, 5.41) is 11.6. The van der Waals surface area contributed by atoms with Crippen molar-refractivity contribution < 1.29 is 24.2 Å². The lowest BCUT2D eigenvalue weighted by molar-refractivity contribution is -0.141. The monoisotopic (exact) mass is 480 g/mol. The van der Waals surface area contributed by atoms with Gasteiger partial charge in [0.05, 0.1) is 5.41 Å². The van der Waals surface area contributed by atoms with Crippen LogP contribution in [0.4, 0.5) is 4.79 Å². The van der Waals surface area contributed by atoms with E-state index in [0.29, 0.717) is 32.2 Å². The summed E-state index contributed by atoms with van der Waals surface area (Å²) in [5.41, 5.74) is 3.91. The number of hydrogen-bond acceptors (Lipinski definition) is 4. The Labute approximate surface area is 207 Å². The molecule has 0 fully saturated rings. The van der Waals surface area contributed by atoms with Crippen molar-refractivity contribution in [3.8, 4) is 11.1 Å². The Hall–Kier alpha value is -3.35. The number of amides is 2. The Balaban J connectivity index is 1.57. The van der Waals surface area contributed by atoms with Gasteiger partial charge in [-0.15, -0.1) is 0 Å². The van der Waals surface area contributed by atoms with Gasteiger partial charge in [-0.2, -0.15) is 0 Å². The van der Waals surface area contributed by atoms with Crippen molar-refractivity contribution in [3.05, 3.63) is 59.7 Å². The van der Waals surface area contributed by atoms with E-state index in [1.54, 1.807) is 11.9 Å². The summed E-state index contributed by atoms with van der Waals surface area (Å²) in [5.74, 6) is -0.895. The molecule has 0 unspecified atom stereocenters. The number of hydrogen-bond donors (Lipinski definition) is 2. The van der Waals surface area contributed by atoms with Gasteiger partial charge in [-0.05, 0) is 47.9 Å². The van der Waals surface area contributed by atoms with Gasteiger partial charge in [0.1, 0.15) is 6.61 Å². The molecule has 0 aromatic heterocycles. The lowest BCUT2D eigenvalue weighted by Gasteiger charge is -2.34. The number of fused-ring (bicyclic) bond motifs is 3. The molecule has 2 N–H and O–H groups in total. The van der Waals surface area contributed by atoms with Crippen LogP contribution in [0.3, 0.4) is 0 Å². The number of carbonyl (C=O) groups excluding carboxylic acids is 2. The van der Waals surface area contributed by atoms with Crippen LogP contribution in [0, 0.1) is 5.41 Å². The first kappa shape index (κ1) is 26.3. The van der Waals surface area contributed by atoms with E-state index in [4.69, 9.17) is 9.84 Å². The molecule has 2 aromatic carbocycles. The first-order valence-electron chi connectivity index (χ1n) is 12.4. The molecule has 3 rings (SSSR count). The third-order valence-corrected chi connectivity index (χ3v) is 7.20. The molecule has 0 saturated carbocycles. The van der Waals surface area contributed by atoms with E-state index in [1.807, 2.05) is 38.1 Å². The largest absolute Gasteiger partial charge is 0.481 e. The van der Waals surface area contributed by atoms with Crippen molar-refractivity contribution in [2.75, 3.05) is 26.7 Å². The fraction of sp³-hybridized carbons (Fsp3) is 0.464. The van der Waals surface area contributed by atoms with E-state index < -0.39 is 17.5 Å². The summed E-state index contributed by atoms with van der Waals surface area (Å²) in [7, 11) is 1.73. The van der Waals surface area contributed by atoms with Gasteiger partial charge in [0.25, 0.3) is 0 Å². The second-order valence-corrected chi connectivity index (χ2v) is 9.24. The second-order valence-electron chi connectivity index (χ2n) is 9.24. The number of unbranched alkanes of at least 4 members (excludes halogenated alkanes) is 1. The van der Waals surface area contributed by atoms with Gasteiger partial charge in [-0.3, -0.25) is 9.59 Å². The Kier molecular flexibility index (Phi) is 8.90. The molecule has 7 nitrogen and oxygen atoms in total. The summed E-state index contributed by atoms with van der Waals surface area (Å²) < 4.78 is 5.64. The van der Waals surface area contributed by atoms with Gasteiger partial charge in [0.15, 0.2) is 0 Å². The van der Waals surface area contributed by atoms with E-state index in [9.17, 15) is 14.4 Å². The quantitative estimate of drug-likeness (QED) is 0.415. The number of nitrogens with zero attached hydrogens (tertiary/aromatic N) is 1. The van der Waals surface area contributed by atoms with Crippen LogP contribution in [0.25, 0.3) is 11.1 Å². The molecular weight excluding hydrogens is 444 g/mol. The van der Waals surface area contributed by atoms with Crippen LogP contribution in [-0.4, -0.2) is 54.7 Å². The van der Waals surface area contributed by atoms with Crippen LogP contribution in [0.1, 0.15) is 63.0 Å². The molecule has 0 aliphatic heterocycles. The van der Waals surface area contributed by atoms with Crippen LogP contribution in [0.2, 0.25) is 0 Å². The molecule has 0 heterocycles. The molecule has 188 valence electrons. The number of aliphatic carboxylic acids is 1. The number of carboxylic acid groups (broad SMARTS) is 1. The minimum atomic E-state index is -0.831. The lowest BCUT2D eigenvalue weighted by atomic mass is 9.80. The van der Waals surface area contributed by atoms with E-state index in [1.165, 1.54) is 11.1 Å². The number of rotatable bonds is 12. The fourth-order valence-corrected chi connectivity index (χ4v) is 4.90. The summed E-state index contributed by atoms with van der Waals surface area (Å²) in [6, 6.07) is 16.4. The van der Waals surface area contributed by atoms with E-state index in [-0.39, 0.29) is 31.4 Å². The molecule has 0 saturated heterocycles. The van der Waals surface area contributed by atoms with Crippen molar-refractivity contribution in [3.63, 3.8) is 0 Å². The number of benzene rings is 2. The van der Waals surface area contributed by atoms with Crippen molar-refractivity contribution in [1.29, 1.82) is 0 Å². The first-order chi connectivity index (χ1) is 16.8. The lowest BCUT2D eigenvalue weighted by Crippen LogP contribution is -2.48. The smallest absolute Gasteiger partial charge is 0.407 e. The van der Waals surface area contributed by atoms with Crippen LogP contribution in [0.5, 0.6) is 0 Å². The maximum Gasteiger partial charge on any atom is 0.407 e. The number of carboxylic acids is 1. The zero-order valence-electron chi connectivity index (χ0n) is 20.9. The predicted molar refractivity (Wildman–Crippen MR) is 135 cm³/mol. The molecule has 1 aliphatic carbocycles. The highest BCUT2D eigenvalue weighted by Crippen LogP contribution is 2.44. The highest BCUT2D eigenvalue weighted by molar-refractivity contribution is 5.83. The molecule has 0 radical (unpaired) electrons. The minimum Gasteiger partial charge on any atom is -0.481 e. The van der Waals surface area contributed by atoms with E-state index >= 15 is 0 Å². The molecule has 0 atom stereocenters. The van der Waals surface area contributed by atoms with Crippen LogP contribution >= 0.6 is 0 Å². The molecular formula is C28H36N2O5. The van der Waals surface area contributed by atoms with Gasteiger partial charge in [-0.1, -0.05) is 62.4 Å². The Morgan fingerprint density at radius 3 is 2.09 bits per heavy atom. The first-order valence-corrected chi connectivity index (χ1v) is 12.4. The van der Waals surface area contributed by atoms with Crippen molar-refractivity contribution in [2.24, 2.45) is 5.41 Å². The number of carbonyl (C=O) groups is 3. The Bertz CT molecular complexity index is 1000. The topological polar surface area (TPSA) is 95.9 Å². The molecule has 0 spiro atoms. The number of ether oxygens (including phenoxy) is 1. The maximum atomic E-state index is 13.2. The molecule has 2 amide bonds. The molecule has 7 heteroatoms. The molecule has 0 bridgehead atoms. The fourth-order valence-electron chi connectivity index (χ4n) is 4.90. The Morgan fingerprint density at radius 2 is 1.54 bits per heavy atom. The highest BCUT2D eigenvalue weighted by Gasteiger charge is 2.37. The average Bonchev–Trinajstić information content (AvgIpc) is 3.19. The summed E-state index contributed by atoms with van der Waals surface area (Å²) in [4.78, 5) is 38.2. The number of nitrogens with one attached hydrogen (secondary N) is 1. The molecule has 35 heavy (non-hydrogen) atoms. The second kappa shape index (κ2) is 11.9. The predicted octanol–water partition coefficient (Wildman–Crippen LogP) is 5.04. The third-order valence-electron chi connectivity index (χ3n) is 7.20. The number of alkyl carbamates (subject to hydrolysis) is 1. The zero-order valence-corrected chi connectivity index (χ0v) is 20.9. The highest BCUT2D eigenvalue weighted by atomic mass is 16.5. The SMILES string of the molecule is CCC(CC)(CNC(=O)OCC1c2ccccc2-c2ccccc21)C(=O)N(C)CCCCC(=O)O. The van der Waals surface area contributed by atoms with Crippen molar-refractivity contribution >= 4 is 18.0 Å². The van der Waals surface area contributed by atoms with Gasteiger partial charge >= 0.3 is 12.1 Å². The summed E-state index contributed by atoms with van der Waals surface area (Å²) in [6.45, 7) is 4.79. The minimum absolute atomic E-state index is 0.0196. The molecule has 1 aliphatic rings. The van der Waals surface area contributed by atoms with Crippen LogP contribution < -0.4 is 5.32 Å². The van der Waals surface area contributed by atoms with E-state index in [0.717, 1.165) is 11.1 Å². The van der Waals surface area contributed by atoms with Crippen molar-refractivity contribution in [1.82, 2.24) is 10.2 Å². The van der Waals surface area contributed by atoms with Gasteiger partial charge in [0, 0.05) is 32.5 Å². The van der Waals surface area contributed by atoms with E-state index in [2.05, 4.69) is 29.6 Å². The summed E-state index contributed by atoms with van der Waals surface area (Å²) in [6.07, 6.45) is 1.86. The normalized spacial score (nSPS) is 12.5. The standard InChI is InChI=1S/C28H36N2O5/c1-4-28(5-2,26(33)30(3)17-11-10-16-25(31)32)19-29-27(34)35-18-24-22-14-8-6-12-20(22)21-13-7-9-15-23(21)24/h6-9,12-15,24H,4-5,10-11,16-19H2,1-3H3,(H,29,34)(H,31,32). The van der Waals surface area contributed by atoms with Gasteiger partial charge in [-0.25, -0.2) is 4.79 Å². The van der Waals surface area contributed by atoms with Crippen molar-refractivity contribution in [2.45, 2.75) is 51.9 Å². The van der Waals surface area contributed by atoms with Crippen LogP contribution in [-0.2, 0) is 14.3 Å². The third kappa shape index (κ3) is 6.02. The zero-order chi connectivity index (χ0) is 25.4. The Morgan fingerprint density at radius 1 is 0.971 bits per heavy atom. The van der Waals surface area contributed by atoms with Crippen LogP contribution in [0.15, 0.2) is 48.5 Å². The average molecular weight is 481 g/mol. The maximum absolute atomic E-state index is 13.2. The summed E-state index contributed by atoms with van der Waals surface area (Å²) >= 11 is 0. The molecule has 2 aromatic rings. The van der Waals surface area contributed by atoms with Gasteiger partial charge < -0.3 is 20.1 Å².